The average molecular weight is 248 g/mol. The van der Waals surface area contributed by atoms with Crippen molar-refractivity contribution in [3.05, 3.63) is 0 Å². The van der Waals surface area contributed by atoms with Gasteiger partial charge in [-0.3, -0.25) is 4.79 Å². The van der Waals surface area contributed by atoms with Gasteiger partial charge in [0.2, 0.25) is 5.91 Å². The monoisotopic (exact) mass is 248 g/mol. The van der Waals surface area contributed by atoms with E-state index < -0.39 is 0 Å². The van der Waals surface area contributed by atoms with Crippen LogP contribution < -0.4 is 5.73 Å². The number of amides is 1. The van der Waals surface area contributed by atoms with Gasteiger partial charge in [0.15, 0.2) is 0 Å². The lowest BCUT2D eigenvalue weighted by Crippen LogP contribution is -2.44. The molecular formula is C11H24N2O4. The number of rotatable bonds is 10. The van der Waals surface area contributed by atoms with E-state index in [0.29, 0.717) is 32.9 Å². The first-order chi connectivity index (χ1) is 8.17. The van der Waals surface area contributed by atoms with Gasteiger partial charge in [-0.2, -0.15) is 0 Å². The third-order valence-corrected chi connectivity index (χ3v) is 2.28. The van der Waals surface area contributed by atoms with Crippen molar-refractivity contribution in [2.24, 2.45) is 5.73 Å². The minimum absolute atomic E-state index is 0.00382. The number of hydrogen-bond donors (Lipinski definition) is 1. The summed E-state index contributed by atoms with van der Waals surface area (Å²) >= 11 is 0. The van der Waals surface area contributed by atoms with E-state index in [1.807, 2.05) is 6.92 Å². The molecular weight excluding hydrogens is 224 g/mol. The van der Waals surface area contributed by atoms with Crippen LogP contribution in [0.2, 0.25) is 0 Å². The molecule has 17 heavy (non-hydrogen) atoms. The van der Waals surface area contributed by atoms with Crippen LogP contribution in [0.25, 0.3) is 0 Å². The van der Waals surface area contributed by atoms with Crippen molar-refractivity contribution in [2.75, 3.05) is 53.7 Å². The van der Waals surface area contributed by atoms with Crippen LogP contribution in [0.3, 0.4) is 0 Å². The van der Waals surface area contributed by atoms with Gasteiger partial charge in [0.05, 0.1) is 25.9 Å². The van der Waals surface area contributed by atoms with E-state index >= 15 is 0 Å². The van der Waals surface area contributed by atoms with E-state index in [9.17, 15) is 4.79 Å². The predicted molar refractivity (Wildman–Crippen MR) is 64.8 cm³/mol. The van der Waals surface area contributed by atoms with Gasteiger partial charge in [-0.15, -0.1) is 0 Å². The fourth-order valence-electron chi connectivity index (χ4n) is 1.44. The molecule has 0 aliphatic rings. The van der Waals surface area contributed by atoms with Crippen LogP contribution >= 0.6 is 0 Å². The SMILES string of the molecule is COCCN(C(=O)COCCN)C(C)COC. The largest absolute Gasteiger partial charge is 0.383 e. The molecule has 0 spiro atoms. The molecule has 0 rings (SSSR count). The molecule has 0 fully saturated rings. The normalized spacial score (nSPS) is 12.5. The lowest BCUT2D eigenvalue weighted by Gasteiger charge is -2.28. The van der Waals surface area contributed by atoms with Crippen LogP contribution in [0.15, 0.2) is 0 Å². The van der Waals surface area contributed by atoms with Crippen molar-refractivity contribution in [1.29, 1.82) is 0 Å². The first kappa shape index (κ1) is 16.3. The lowest BCUT2D eigenvalue weighted by atomic mass is 10.3. The molecule has 0 saturated heterocycles. The highest BCUT2D eigenvalue weighted by Crippen LogP contribution is 2.01. The standard InChI is InChI=1S/C11H24N2O4/c1-10(8-16-3)13(5-7-15-2)11(14)9-17-6-4-12/h10H,4-9,12H2,1-3H3. The Morgan fingerprint density at radius 2 is 2.00 bits per heavy atom. The summed E-state index contributed by atoms with van der Waals surface area (Å²) in [6.07, 6.45) is 0. The van der Waals surface area contributed by atoms with E-state index in [1.165, 1.54) is 0 Å². The minimum atomic E-state index is -0.0694. The molecule has 2 N–H and O–H groups in total. The number of carbonyl (C=O) groups excluding carboxylic acids is 1. The fraction of sp³-hybridized carbons (Fsp3) is 0.909. The van der Waals surface area contributed by atoms with Crippen molar-refractivity contribution < 1.29 is 19.0 Å². The predicted octanol–water partition coefficient (Wildman–Crippen LogP) is -0.528. The van der Waals surface area contributed by atoms with E-state index in [4.69, 9.17) is 19.9 Å². The summed E-state index contributed by atoms with van der Waals surface area (Å²) in [4.78, 5) is 13.6. The quantitative estimate of drug-likeness (QED) is 0.526. The van der Waals surface area contributed by atoms with Gasteiger partial charge in [0.1, 0.15) is 6.61 Å². The summed E-state index contributed by atoms with van der Waals surface area (Å²) in [6, 6.07) is 0.00382. The van der Waals surface area contributed by atoms with Gasteiger partial charge in [0, 0.05) is 27.3 Å². The van der Waals surface area contributed by atoms with Crippen molar-refractivity contribution in [2.45, 2.75) is 13.0 Å². The van der Waals surface area contributed by atoms with Gasteiger partial charge in [-0.1, -0.05) is 0 Å². The zero-order valence-corrected chi connectivity index (χ0v) is 11.0. The maximum atomic E-state index is 11.9. The summed E-state index contributed by atoms with van der Waals surface area (Å²) < 4.78 is 15.2. The molecule has 0 heterocycles. The average Bonchev–Trinajstić information content (AvgIpc) is 2.30. The third kappa shape index (κ3) is 7.27. The molecule has 0 aromatic rings. The first-order valence-electron chi connectivity index (χ1n) is 5.72. The third-order valence-electron chi connectivity index (χ3n) is 2.28. The van der Waals surface area contributed by atoms with E-state index in [2.05, 4.69) is 0 Å². The van der Waals surface area contributed by atoms with Gasteiger partial charge in [0.25, 0.3) is 0 Å². The number of ether oxygens (including phenoxy) is 3. The Labute approximate surface area is 103 Å². The number of carbonyl (C=O) groups is 1. The van der Waals surface area contributed by atoms with Gasteiger partial charge < -0.3 is 24.8 Å². The van der Waals surface area contributed by atoms with Crippen molar-refractivity contribution in [3.8, 4) is 0 Å². The Morgan fingerprint density at radius 1 is 1.29 bits per heavy atom. The highest BCUT2D eigenvalue weighted by Gasteiger charge is 2.19. The molecule has 0 aliphatic carbocycles. The summed E-state index contributed by atoms with van der Waals surface area (Å²) in [7, 11) is 3.22. The minimum Gasteiger partial charge on any atom is -0.383 e. The van der Waals surface area contributed by atoms with E-state index in [1.54, 1.807) is 19.1 Å². The smallest absolute Gasteiger partial charge is 0.248 e. The van der Waals surface area contributed by atoms with Crippen molar-refractivity contribution in [1.82, 2.24) is 4.90 Å². The Hall–Kier alpha value is -0.690. The molecule has 0 aliphatic heterocycles. The highest BCUT2D eigenvalue weighted by molar-refractivity contribution is 5.77. The zero-order valence-electron chi connectivity index (χ0n) is 11.0. The number of nitrogens with zero attached hydrogens (tertiary/aromatic N) is 1. The molecule has 6 heteroatoms. The number of nitrogens with two attached hydrogens (primary N) is 1. The van der Waals surface area contributed by atoms with Crippen LogP contribution in [0, 0.1) is 0 Å². The number of methoxy groups -OCH3 is 2. The van der Waals surface area contributed by atoms with E-state index in [0.717, 1.165) is 0 Å². The maximum Gasteiger partial charge on any atom is 0.248 e. The molecule has 0 bridgehead atoms. The fourth-order valence-corrected chi connectivity index (χ4v) is 1.44. The summed E-state index contributed by atoms with van der Waals surface area (Å²) in [5, 5.41) is 0. The van der Waals surface area contributed by atoms with Crippen LogP contribution in [0.1, 0.15) is 6.92 Å². The number of hydrogen-bond acceptors (Lipinski definition) is 5. The maximum absolute atomic E-state index is 11.9. The Bertz CT molecular complexity index is 202. The Balaban J connectivity index is 4.18. The Kier molecular flexibility index (Phi) is 10.0. The molecule has 0 radical (unpaired) electrons. The second kappa shape index (κ2) is 10.5. The molecule has 0 aromatic carbocycles. The molecule has 1 amide bonds. The van der Waals surface area contributed by atoms with Gasteiger partial charge in [-0.05, 0) is 6.92 Å². The summed E-state index contributed by atoms with van der Waals surface area (Å²) in [6.45, 7) is 4.31. The summed E-state index contributed by atoms with van der Waals surface area (Å²) in [5.74, 6) is -0.0694. The van der Waals surface area contributed by atoms with Crippen LogP contribution in [0.5, 0.6) is 0 Å². The second-order valence-electron chi connectivity index (χ2n) is 3.73. The van der Waals surface area contributed by atoms with E-state index in [-0.39, 0.29) is 18.6 Å². The van der Waals surface area contributed by atoms with Crippen molar-refractivity contribution in [3.63, 3.8) is 0 Å². The molecule has 1 unspecified atom stereocenters. The highest BCUT2D eigenvalue weighted by atomic mass is 16.5. The van der Waals surface area contributed by atoms with Crippen LogP contribution in [0.4, 0.5) is 0 Å². The lowest BCUT2D eigenvalue weighted by molar-refractivity contribution is -0.139. The zero-order chi connectivity index (χ0) is 13.1. The van der Waals surface area contributed by atoms with Gasteiger partial charge in [-0.25, -0.2) is 0 Å². The van der Waals surface area contributed by atoms with Crippen LogP contribution in [-0.4, -0.2) is 70.6 Å². The Morgan fingerprint density at radius 3 is 2.53 bits per heavy atom. The molecule has 0 aromatic heterocycles. The molecule has 1 atom stereocenters. The summed E-state index contributed by atoms with van der Waals surface area (Å²) in [5.41, 5.74) is 5.29. The molecule has 0 saturated carbocycles. The molecule has 6 nitrogen and oxygen atoms in total. The van der Waals surface area contributed by atoms with Crippen LogP contribution in [-0.2, 0) is 19.0 Å². The van der Waals surface area contributed by atoms with Crippen molar-refractivity contribution >= 4 is 5.91 Å². The first-order valence-corrected chi connectivity index (χ1v) is 5.72. The molecule has 102 valence electrons. The van der Waals surface area contributed by atoms with Gasteiger partial charge >= 0.3 is 0 Å². The second-order valence-corrected chi connectivity index (χ2v) is 3.73. The topological polar surface area (TPSA) is 74.0 Å².